The van der Waals surface area contributed by atoms with Crippen LogP contribution in [0.5, 0.6) is 5.75 Å². The number of benzene rings is 2. The normalized spacial score (nSPS) is 11.5. The van der Waals surface area contributed by atoms with Crippen LogP contribution in [-0.2, 0) is 9.47 Å². The number of esters is 1. The summed E-state index contributed by atoms with van der Waals surface area (Å²) in [4.78, 5) is 23.7. The van der Waals surface area contributed by atoms with E-state index in [4.69, 9.17) is 9.47 Å². The minimum Gasteiger partial charge on any atom is -0.496 e. The molecule has 0 aromatic heterocycles. The number of rotatable bonds is 7. The molecule has 2 aromatic carbocycles. The largest absolute Gasteiger partial charge is 0.496 e. The molecule has 0 fully saturated rings. The second-order valence-electron chi connectivity index (χ2n) is 5.25. The molecule has 0 aliphatic heterocycles. The fraction of sp³-hybridized carbons (Fsp3) is 0.263. The van der Waals surface area contributed by atoms with Crippen LogP contribution >= 0.6 is 0 Å². The van der Waals surface area contributed by atoms with Crippen LogP contribution in [0.1, 0.15) is 32.4 Å². The lowest BCUT2D eigenvalue weighted by molar-refractivity contribution is 0.0600. The van der Waals surface area contributed by atoms with Gasteiger partial charge in [-0.3, -0.25) is 4.79 Å². The van der Waals surface area contributed by atoms with Gasteiger partial charge >= 0.3 is 5.97 Å². The number of methoxy groups -OCH3 is 3. The molecule has 0 radical (unpaired) electrons. The van der Waals surface area contributed by atoms with Crippen molar-refractivity contribution in [2.45, 2.75) is 6.10 Å². The highest BCUT2D eigenvalue weighted by molar-refractivity contribution is 5.96. The summed E-state index contributed by atoms with van der Waals surface area (Å²) < 4.78 is 15.4. The molecule has 6 heteroatoms. The number of carbonyl (C=O) groups is 2. The monoisotopic (exact) mass is 343 g/mol. The van der Waals surface area contributed by atoms with Crippen LogP contribution in [-0.4, -0.2) is 39.8 Å². The lowest BCUT2D eigenvalue weighted by atomic mass is 10.1. The third kappa shape index (κ3) is 4.58. The number of amides is 1. The van der Waals surface area contributed by atoms with Crippen LogP contribution in [0.3, 0.4) is 0 Å². The maximum Gasteiger partial charge on any atom is 0.337 e. The van der Waals surface area contributed by atoms with Crippen molar-refractivity contribution in [3.63, 3.8) is 0 Å². The van der Waals surface area contributed by atoms with Gasteiger partial charge in [0.1, 0.15) is 11.9 Å². The highest BCUT2D eigenvalue weighted by Gasteiger charge is 2.17. The van der Waals surface area contributed by atoms with E-state index in [-0.39, 0.29) is 18.6 Å². The van der Waals surface area contributed by atoms with Crippen LogP contribution in [0.15, 0.2) is 48.5 Å². The lowest BCUT2D eigenvalue weighted by Gasteiger charge is -2.19. The number of hydrogen-bond donors (Lipinski definition) is 1. The van der Waals surface area contributed by atoms with Gasteiger partial charge in [0.2, 0.25) is 0 Å². The number of nitrogens with one attached hydrogen (secondary N) is 1. The SMILES string of the molecule is COC(=O)c1ccc(C(=O)NCC(OC)c2ccccc2OC)cc1. The smallest absolute Gasteiger partial charge is 0.337 e. The lowest BCUT2D eigenvalue weighted by Crippen LogP contribution is -2.29. The zero-order valence-electron chi connectivity index (χ0n) is 14.4. The Hall–Kier alpha value is -2.86. The van der Waals surface area contributed by atoms with Gasteiger partial charge in [0.15, 0.2) is 0 Å². The molecular formula is C19H21NO5. The van der Waals surface area contributed by atoms with Crippen LogP contribution in [0, 0.1) is 0 Å². The first-order chi connectivity index (χ1) is 12.1. The second-order valence-corrected chi connectivity index (χ2v) is 5.25. The Morgan fingerprint density at radius 3 is 2.20 bits per heavy atom. The average Bonchev–Trinajstić information content (AvgIpc) is 2.68. The molecule has 0 aliphatic rings. The molecule has 0 saturated heterocycles. The predicted octanol–water partition coefficient (Wildman–Crippen LogP) is 2.60. The van der Waals surface area contributed by atoms with Crippen LogP contribution in [0.4, 0.5) is 0 Å². The van der Waals surface area contributed by atoms with E-state index < -0.39 is 5.97 Å². The minimum absolute atomic E-state index is 0.256. The molecule has 2 rings (SSSR count). The molecule has 0 heterocycles. The molecule has 1 unspecified atom stereocenters. The highest BCUT2D eigenvalue weighted by Crippen LogP contribution is 2.26. The number of hydrogen-bond acceptors (Lipinski definition) is 5. The molecular weight excluding hydrogens is 322 g/mol. The molecule has 0 aliphatic carbocycles. The van der Waals surface area contributed by atoms with Crippen molar-refractivity contribution in [1.29, 1.82) is 0 Å². The van der Waals surface area contributed by atoms with Gasteiger partial charge < -0.3 is 19.5 Å². The third-order valence-corrected chi connectivity index (χ3v) is 3.79. The van der Waals surface area contributed by atoms with Crippen molar-refractivity contribution in [3.8, 4) is 5.75 Å². The van der Waals surface area contributed by atoms with Crippen LogP contribution in [0.2, 0.25) is 0 Å². The fourth-order valence-corrected chi connectivity index (χ4v) is 2.42. The Balaban J connectivity index is 2.03. The Kier molecular flexibility index (Phi) is 6.54. The summed E-state index contributed by atoms with van der Waals surface area (Å²) in [5.74, 6) is 0.00183. The predicted molar refractivity (Wildman–Crippen MR) is 92.9 cm³/mol. The third-order valence-electron chi connectivity index (χ3n) is 3.79. The maximum absolute atomic E-state index is 12.3. The quantitative estimate of drug-likeness (QED) is 0.782. The summed E-state index contributed by atoms with van der Waals surface area (Å²) in [6.45, 7) is 0.286. The number of carbonyl (C=O) groups excluding carboxylic acids is 2. The van der Waals surface area contributed by atoms with Crippen LogP contribution in [0.25, 0.3) is 0 Å². The molecule has 0 saturated carbocycles. The number of ether oxygens (including phenoxy) is 3. The van der Waals surface area contributed by atoms with Crippen molar-refractivity contribution in [2.24, 2.45) is 0 Å². The van der Waals surface area contributed by atoms with E-state index in [1.165, 1.54) is 7.11 Å². The van der Waals surface area contributed by atoms with E-state index in [0.717, 1.165) is 5.56 Å². The highest BCUT2D eigenvalue weighted by atomic mass is 16.5. The Morgan fingerprint density at radius 2 is 1.60 bits per heavy atom. The molecule has 1 amide bonds. The summed E-state index contributed by atoms with van der Waals surface area (Å²) >= 11 is 0. The molecule has 2 aromatic rings. The molecule has 132 valence electrons. The molecule has 1 atom stereocenters. The Morgan fingerprint density at radius 1 is 0.960 bits per heavy atom. The second kappa shape index (κ2) is 8.84. The van der Waals surface area contributed by atoms with Crippen molar-refractivity contribution >= 4 is 11.9 Å². The van der Waals surface area contributed by atoms with E-state index in [9.17, 15) is 9.59 Å². The van der Waals surface area contributed by atoms with E-state index in [1.807, 2.05) is 24.3 Å². The van der Waals surface area contributed by atoms with Crippen molar-refractivity contribution in [2.75, 3.05) is 27.9 Å². The summed E-state index contributed by atoms with van der Waals surface area (Å²) in [5, 5.41) is 2.83. The molecule has 0 bridgehead atoms. The first-order valence-electron chi connectivity index (χ1n) is 7.73. The van der Waals surface area contributed by atoms with Gasteiger partial charge in [-0.2, -0.15) is 0 Å². The standard InChI is InChI=1S/C19H21NO5/c1-23-16-7-5-4-6-15(16)17(24-2)12-20-18(21)13-8-10-14(11-9-13)19(22)25-3/h4-11,17H,12H2,1-3H3,(H,20,21). The van der Waals surface area contributed by atoms with Gasteiger partial charge in [0.05, 0.1) is 19.8 Å². The summed E-state index contributed by atoms with van der Waals surface area (Å²) in [6.07, 6.45) is -0.338. The molecule has 1 N–H and O–H groups in total. The molecule has 0 spiro atoms. The topological polar surface area (TPSA) is 73.9 Å². The van der Waals surface area contributed by atoms with Gasteiger partial charge in [-0.15, -0.1) is 0 Å². The van der Waals surface area contributed by atoms with Gasteiger partial charge in [-0.05, 0) is 30.3 Å². The Bertz CT molecular complexity index is 727. The Labute approximate surface area is 146 Å². The van der Waals surface area contributed by atoms with Crippen molar-refractivity contribution in [3.05, 3.63) is 65.2 Å². The van der Waals surface area contributed by atoms with Crippen molar-refractivity contribution in [1.82, 2.24) is 5.32 Å². The van der Waals surface area contributed by atoms with E-state index in [1.54, 1.807) is 38.5 Å². The van der Waals surface area contributed by atoms with E-state index in [2.05, 4.69) is 10.1 Å². The van der Waals surface area contributed by atoms with E-state index in [0.29, 0.717) is 16.9 Å². The number of para-hydroxylation sites is 1. The minimum atomic E-state index is -0.442. The average molecular weight is 343 g/mol. The maximum atomic E-state index is 12.3. The van der Waals surface area contributed by atoms with Crippen LogP contribution < -0.4 is 10.1 Å². The molecule has 25 heavy (non-hydrogen) atoms. The zero-order chi connectivity index (χ0) is 18.2. The van der Waals surface area contributed by atoms with Gasteiger partial charge in [-0.25, -0.2) is 4.79 Å². The van der Waals surface area contributed by atoms with Gasteiger partial charge in [-0.1, -0.05) is 18.2 Å². The first-order valence-corrected chi connectivity index (χ1v) is 7.73. The zero-order valence-corrected chi connectivity index (χ0v) is 14.4. The summed E-state index contributed by atoms with van der Waals surface area (Å²) in [5.41, 5.74) is 1.69. The van der Waals surface area contributed by atoms with Crippen molar-refractivity contribution < 1.29 is 23.8 Å². The molecule has 6 nitrogen and oxygen atoms in total. The van der Waals surface area contributed by atoms with Gasteiger partial charge in [0, 0.05) is 24.8 Å². The summed E-state index contributed by atoms with van der Waals surface area (Å²) in [7, 11) is 4.48. The van der Waals surface area contributed by atoms with Gasteiger partial charge in [0.25, 0.3) is 5.91 Å². The summed E-state index contributed by atoms with van der Waals surface area (Å²) in [6, 6.07) is 13.7. The first kappa shape index (κ1) is 18.5. The fourth-order valence-electron chi connectivity index (χ4n) is 2.42. The van der Waals surface area contributed by atoms with E-state index >= 15 is 0 Å².